The molecule has 4 rings (SSSR count). The van der Waals surface area contributed by atoms with Crippen LogP contribution in [-0.4, -0.2) is 25.2 Å². The molecule has 0 bridgehead atoms. The second kappa shape index (κ2) is 9.09. The van der Waals surface area contributed by atoms with E-state index in [2.05, 4.69) is 27.5 Å². The Balaban J connectivity index is 1.30. The molecule has 4 aromatic rings. The third-order valence-corrected chi connectivity index (χ3v) is 4.75. The van der Waals surface area contributed by atoms with E-state index in [4.69, 9.17) is 4.74 Å². The molecule has 0 saturated heterocycles. The number of amides is 1. The molecule has 0 radical (unpaired) electrons. The molecular formula is C23H23N5O2. The third-order valence-electron chi connectivity index (χ3n) is 4.75. The number of hydrogen-bond acceptors (Lipinski definition) is 4. The monoisotopic (exact) mass is 401 g/mol. The quantitative estimate of drug-likeness (QED) is 0.492. The fourth-order valence-corrected chi connectivity index (χ4v) is 3.09. The Bertz CT molecular complexity index is 1100. The maximum Gasteiger partial charge on any atom is 0.251 e. The Morgan fingerprint density at radius 1 is 1.03 bits per heavy atom. The summed E-state index contributed by atoms with van der Waals surface area (Å²) in [5, 5.41) is 7.19. The highest BCUT2D eigenvalue weighted by Crippen LogP contribution is 2.14. The molecule has 1 amide bonds. The van der Waals surface area contributed by atoms with Gasteiger partial charge < -0.3 is 14.6 Å². The average molecular weight is 401 g/mol. The van der Waals surface area contributed by atoms with Crippen LogP contribution in [0, 0.1) is 0 Å². The van der Waals surface area contributed by atoms with Gasteiger partial charge in [-0.2, -0.15) is 5.10 Å². The van der Waals surface area contributed by atoms with Crippen LogP contribution in [0.15, 0.2) is 79.4 Å². The van der Waals surface area contributed by atoms with Crippen LogP contribution in [0.1, 0.15) is 27.3 Å². The molecule has 0 aliphatic rings. The number of carbonyl (C=O) groups is 1. The summed E-state index contributed by atoms with van der Waals surface area (Å²) in [4.78, 5) is 16.7. The molecule has 0 spiro atoms. The van der Waals surface area contributed by atoms with Crippen LogP contribution in [0.25, 0.3) is 0 Å². The molecular weight excluding hydrogens is 378 g/mol. The van der Waals surface area contributed by atoms with Crippen molar-refractivity contribution in [2.24, 2.45) is 7.05 Å². The van der Waals surface area contributed by atoms with E-state index in [0.717, 1.165) is 17.0 Å². The lowest BCUT2D eigenvalue weighted by molar-refractivity contribution is 0.0951. The van der Waals surface area contributed by atoms with Gasteiger partial charge in [-0.1, -0.05) is 24.3 Å². The number of imidazole rings is 1. The molecule has 0 aliphatic heterocycles. The van der Waals surface area contributed by atoms with Crippen LogP contribution >= 0.6 is 0 Å². The van der Waals surface area contributed by atoms with Crippen molar-refractivity contribution in [3.05, 3.63) is 102 Å². The third kappa shape index (κ3) is 4.94. The average Bonchev–Trinajstić information content (AvgIpc) is 3.43. The Morgan fingerprint density at radius 2 is 1.87 bits per heavy atom. The smallest absolute Gasteiger partial charge is 0.251 e. The summed E-state index contributed by atoms with van der Waals surface area (Å²) in [5.74, 6) is 1.41. The number of carbonyl (C=O) groups excluding carboxylic acids is 1. The van der Waals surface area contributed by atoms with Gasteiger partial charge >= 0.3 is 0 Å². The SMILES string of the molecule is Cn1ccnc1COc1ccc(C(=O)NCc2cccc(Cn3cccn3)c2)cc1. The largest absolute Gasteiger partial charge is 0.486 e. The molecule has 7 heteroatoms. The van der Waals surface area contributed by atoms with E-state index in [1.165, 1.54) is 0 Å². The highest BCUT2D eigenvalue weighted by Gasteiger charge is 2.07. The van der Waals surface area contributed by atoms with Crippen molar-refractivity contribution in [3.63, 3.8) is 0 Å². The summed E-state index contributed by atoms with van der Waals surface area (Å²) in [7, 11) is 1.92. The molecule has 2 heterocycles. The number of rotatable bonds is 8. The van der Waals surface area contributed by atoms with Gasteiger partial charge in [0.25, 0.3) is 5.91 Å². The second-order valence-electron chi connectivity index (χ2n) is 6.97. The molecule has 152 valence electrons. The van der Waals surface area contributed by atoms with E-state index in [1.807, 2.05) is 46.9 Å². The summed E-state index contributed by atoms with van der Waals surface area (Å²) >= 11 is 0. The molecule has 1 N–H and O–H groups in total. The predicted molar refractivity (Wildman–Crippen MR) is 113 cm³/mol. The van der Waals surface area contributed by atoms with Crippen LogP contribution in [0.4, 0.5) is 0 Å². The van der Waals surface area contributed by atoms with Crippen LogP contribution in [-0.2, 0) is 26.7 Å². The Labute approximate surface area is 174 Å². The van der Waals surface area contributed by atoms with Gasteiger partial charge in [0.1, 0.15) is 18.2 Å². The van der Waals surface area contributed by atoms with E-state index in [9.17, 15) is 4.79 Å². The molecule has 0 aliphatic carbocycles. The van der Waals surface area contributed by atoms with E-state index in [-0.39, 0.29) is 5.91 Å². The zero-order valence-electron chi connectivity index (χ0n) is 16.7. The van der Waals surface area contributed by atoms with Gasteiger partial charge in [-0.05, 0) is 41.5 Å². The van der Waals surface area contributed by atoms with Gasteiger partial charge in [-0.3, -0.25) is 9.48 Å². The second-order valence-corrected chi connectivity index (χ2v) is 6.97. The summed E-state index contributed by atoms with van der Waals surface area (Å²) in [6.45, 7) is 1.54. The zero-order chi connectivity index (χ0) is 20.8. The zero-order valence-corrected chi connectivity index (χ0v) is 16.7. The lowest BCUT2D eigenvalue weighted by Crippen LogP contribution is -2.22. The van der Waals surface area contributed by atoms with Crippen LogP contribution in [0.2, 0.25) is 0 Å². The molecule has 2 aromatic heterocycles. The number of aromatic nitrogens is 4. The molecule has 7 nitrogen and oxygen atoms in total. The van der Waals surface area contributed by atoms with Gasteiger partial charge in [-0.25, -0.2) is 4.98 Å². The number of hydrogen-bond donors (Lipinski definition) is 1. The summed E-state index contributed by atoms with van der Waals surface area (Å²) < 4.78 is 9.51. The van der Waals surface area contributed by atoms with Crippen molar-refractivity contribution < 1.29 is 9.53 Å². The van der Waals surface area contributed by atoms with E-state index in [0.29, 0.717) is 31.0 Å². The Morgan fingerprint density at radius 3 is 2.60 bits per heavy atom. The van der Waals surface area contributed by atoms with Crippen molar-refractivity contribution in [2.75, 3.05) is 0 Å². The number of nitrogens with zero attached hydrogens (tertiary/aromatic N) is 4. The molecule has 30 heavy (non-hydrogen) atoms. The molecule has 2 aromatic carbocycles. The lowest BCUT2D eigenvalue weighted by Gasteiger charge is -2.09. The van der Waals surface area contributed by atoms with E-state index >= 15 is 0 Å². The first-order valence-electron chi connectivity index (χ1n) is 9.70. The Kier molecular flexibility index (Phi) is 5.89. The highest BCUT2D eigenvalue weighted by molar-refractivity contribution is 5.94. The minimum absolute atomic E-state index is 0.122. The maximum absolute atomic E-state index is 12.5. The minimum atomic E-state index is -0.122. The van der Waals surface area contributed by atoms with Crippen LogP contribution in [0.5, 0.6) is 5.75 Å². The first-order valence-corrected chi connectivity index (χ1v) is 9.70. The van der Waals surface area contributed by atoms with Crippen LogP contribution < -0.4 is 10.1 Å². The molecule has 0 unspecified atom stereocenters. The first-order chi connectivity index (χ1) is 14.7. The number of ether oxygens (including phenoxy) is 1. The lowest BCUT2D eigenvalue weighted by atomic mass is 10.1. The number of nitrogens with one attached hydrogen (secondary N) is 1. The topological polar surface area (TPSA) is 74.0 Å². The molecule has 0 fully saturated rings. The van der Waals surface area contributed by atoms with Gasteiger partial charge in [-0.15, -0.1) is 0 Å². The van der Waals surface area contributed by atoms with Gasteiger partial charge in [0.15, 0.2) is 0 Å². The maximum atomic E-state index is 12.5. The fourth-order valence-electron chi connectivity index (χ4n) is 3.09. The number of benzene rings is 2. The standard InChI is InChI=1S/C23H23N5O2/c1-27-13-11-24-22(27)17-30-21-8-6-20(7-9-21)23(29)25-15-18-4-2-5-19(14-18)16-28-12-3-10-26-28/h2-14H,15-17H2,1H3,(H,25,29). The van der Waals surface area contributed by atoms with Crippen LogP contribution in [0.3, 0.4) is 0 Å². The van der Waals surface area contributed by atoms with Crippen molar-refractivity contribution in [1.82, 2.24) is 24.6 Å². The van der Waals surface area contributed by atoms with Crippen molar-refractivity contribution in [3.8, 4) is 5.75 Å². The fraction of sp³-hybridized carbons (Fsp3) is 0.174. The molecule has 0 saturated carbocycles. The normalized spacial score (nSPS) is 10.7. The van der Waals surface area contributed by atoms with Crippen molar-refractivity contribution >= 4 is 5.91 Å². The number of aryl methyl sites for hydroxylation is 1. The van der Waals surface area contributed by atoms with Gasteiger partial charge in [0, 0.05) is 43.9 Å². The van der Waals surface area contributed by atoms with E-state index < -0.39 is 0 Å². The highest BCUT2D eigenvalue weighted by atomic mass is 16.5. The van der Waals surface area contributed by atoms with E-state index in [1.54, 1.807) is 36.7 Å². The van der Waals surface area contributed by atoms with Crippen molar-refractivity contribution in [2.45, 2.75) is 19.7 Å². The van der Waals surface area contributed by atoms with Crippen molar-refractivity contribution in [1.29, 1.82) is 0 Å². The summed E-state index contributed by atoms with van der Waals surface area (Å²) in [6.07, 6.45) is 7.30. The first kappa shape index (κ1) is 19.4. The summed E-state index contributed by atoms with van der Waals surface area (Å²) in [5.41, 5.74) is 2.77. The summed E-state index contributed by atoms with van der Waals surface area (Å²) in [6, 6.07) is 17.1. The molecule has 0 atom stereocenters. The predicted octanol–water partition coefficient (Wildman–Crippen LogP) is 3.17. The minimum Gasteiger partial charge on any atom is -0.486 e. The Hall–Kier alpha value is -3.87. The van der Waals surface area contributed by atoms with Gasteiger partial charge in [0.2, 0.25) is 0 Å². The van der Waals surface area contributed by atoms with Gasteiger partial charge in [0.05, 0.1) is 6.54 Å².